The van der Waals surface area contributed by atoms with Crippen LogP contribution in [0.2, 0.25) is 0 Å². The van der Waals surface area contributed by atoms with Crippen LogP contribution in [-0.4, -0.2) is 10.8 Å². The van der Waals surface area contributed by atoms with Gasteiger partial charge in [-0.05, 0) is 55.3 Å². The number of rotatable bonds is 9. The van der Waals surface area contributed by atoms with Gasteiger partial charge in [0.2, 0.25) is 5.91 Å². The fourth-order valence-corrected chi connectivity index (χ4v) is 2.85. The number of anilines is 1. The number of nitrogens with zero attached hydrogens (tertiary/aromatic N) is 4. The van der Waals surface area contributed by atoms with E-state index in [0.29, 0.717) is 23.5 Å². The number of halogens is 1. The molecule has 0 radical (unpaired) electrons. The highest BCUT2D eigenvalue weighted by molar-refractivity contribution is 5.90. The fraction of sp³-hybridized carbons (Fsp3) is 0.217. The number of carbonyl (C=O) groups excluding carboxylic acids is 1. The predicted octanol–water partition coefficient (Wildman–Crippen LogP) is 2.42. The van der Waals surface area contributed by atoms with Gasteiger partial charge in [-0.2, -0.15) is 10.2 Å². The first-order valence-corrected chi connectivity index (χ1v) is 10.0. The lowest BCUT2D eigenvalue weighted by Gasteiger charge is -2.05. The van der Waals surface area contributed by atoms with Gasteiger partial charge in [0.05, 0.1) is 16.3 Å². The first-order chi connectivity index (χ1) is 15.0. The van der Waals surface area contributed by atoms with Gasteiger partial charge in [0, 0.05) is 42.8 Å². The van der Waals surface area contributed by atoms with Crippen LogP contribution in [0.5, 0.6) is 0 Å². The molecule has 0 unspecified atom stereocenters. The number of hydrogen-bond acceptors (Lipinski definition) is 5. The molecule has 0 saturated carbocycles. The van der Waals surface area contributed by atoms with Gasteiger partial charge >= 0.3 is 0 Å². The van der Waals surface area contributed by atoms with Crippen molar-refractivity contribution in [1.82, 2.24) is 0 Å². The molecule has 1 aromatic heterocycles. The van der Waals surface area contributed by atoms with Crippen LogP contribution in [-0.2, 0) is 11.3 Å². The van der Waals surface area contributed by atoms with Crippen LogP contribution in [0.25, 0.3) is 0 Å². The number of hydrogen-bond donors (Lipinski definition) is 1. The first kappa shape index (κ1) is 25.1. The van der Waals surface area contributed by atoms with Crippen molar-refractivity contribution in [2.24, 2.45) is 10.2 Å². The smallest absolute Gasteiger partial charge is 0.269 e. The minimum Gasteiger partial charge on any atom is -1.00 e. The van der Waals surface area contributed by atoms with Crippen molar-refractivity contribution in [3.8, 4) is 0 Å². The largest absolute Gasteiger partial charge is 1.00 e. The Hall–Kier alpha value is -3.21. The number of aryl methyl sites for hydroxylation is 2. The summed E-state index contributed by atoms with van der Waals surface area (Å²) in [6.07, 6.45) is 6.32. The Morgan fingerprint density at radius 2 is 1.50 bits per heavy atom. The van der Waals surface area contributed by atoms with E-state index >= 15 is 0 Å². The zero-order valence-electron chi connectivity index (χ0n) is 17.6. The van der Waals surface area contributed by atoms with Crippen molar-refractivity contribution >= 4 is 28.7 Å². The summed E-state index contributed by atoms with van der Waals surface area (Å²) in [5, 5.41) is 21.7. The lowest BCUT2D eigenvalue weighted by Crippen LogP contribution is -3.00. The summed E-state index contributed by atoms with van der Waals surface area (Å²) in [5.74, 6) is -0.0193. The number of azo groups is 1. The number of unbranched alkanes of at least 4 members (excludes halogenated alkanes) is 1. The SMILES string of the molecule is Cc1cc[n+](CCCCC(=O)Nc2ccc(N=Nc3ccc([N+](=O)[O-])cc3)cc2)cc1.[I-]. The van der Waals surface area contributed by atoms with Gasteiger partial charge in [-0.15, -0.1) is 0 Å². The third-order valence-corrected chi connectivity index (χ3v) is 4.62. The summed E-state index contributed by atoms with van der Waals surface area (Å²) in [7, 11) is 0. The third kappa shape index (κ3) is 8.14. The minimum absolute atomic E-state index is 0. The topological polar surface area (TPSA) is 101 Å². The molecule has 166 valence electrons. The third-order valence-electron chi connectivity index (χ3n) is 4.62. The maximum Gasteiger partial charge on any atom is 0.269 e. The predicted molar refractivity (Wildman–Crippen MR) is 118 cm³/mol. The second-order valence-corrected chi connectivity index (χ2v) is 7.14. The van der Waals surface area contributed by atoms with Crippen molar-refractivity contribution in [3.63, 3.8) is 0 Å². The Morgan fingerprint density at radius 3 is 2.06 bits per heavy atom. The number of pyridine rings is 1. The maximum absolute atomic E-state index is 12.1. The van der Waals surface area contributed by atoms with Gasteiger partial charge in [0.25, 0.3) is 5.69 Å². The number of nitro groups is 1. The molecule has 1 amide bonds. The second-order valence-electron chi connectivity index (χ2n) is 7.14. The summed E-state index contributed by atoms with van der Waals surface area (Å²) in [5.41, 5.74) is 3.08. The molecular formula is C23H24IN5O3. The zero-order chi connectivity index (χ0) is 22.1. The van der Waals surface area contributed by atoms with E-state index in [2.05, 4.69) is 51.6 Å². The summed E-state index contributed by atoms with van der Waals surface area (Å²) < 4.78 is 2.12. The van der Waals surface area contributed by atoms with E-state index in [4.69, 9.17) is 0 Å². The molecule has 3 rings (SSSR count). The Labute approximate surface area is 203 Å². The van der Waals surface area contributed by atoms with E-state index in [1.165, 1.54) is 29.8 Å². The van der Waals surface area contributed by atoms with Crippen LogP contribution in [0.15, 0.2) is 83.3 Å². The highest BCUT2D eigenvalue weighted by Gasteiger charge is 2.05. The van der Waals surface area contributed by atoms with Crippen LogP contribution in [0, 0.1) is 17.0 Å². The van der Waals surface area contributed by atoms with Gasteiger partial charge < -0.3 is 29.3 Å². The number of benzene rings is 2. The van der Waals surface area contributed by atoms with Crippen molar-refractivity contribution in [1.29, 1.82) is 0 Å². The first-order valence-electron chi connectivity index (χ1n) is 10.0. The van der Waals surface area contributed by atoms with E-state index in [1.54, 1.807) is 24.3 Å². The van der Waals surface area contributed by atoms with Crippen LogP contribution in [0.4, 0.5) is 22.7 Å². The molecule has 1 N–H and O–H groups in total. The van der Waals surface area contributed by atoms with Crippen molar-refractivity contribution in [3.05, 3.63) is 88.7 Å². The van der Waals surface area contributed by atoms with E-state index < -0.39 is 4.92 Å². The molecule has 3 aromatic rings. The summed E-state index contributed by atoms with van der Waals surface area (Å²) in [4.78, 5) is 22.3. The monoisotopic (exact) mass is 545 g/mol. The minimum atomic E-state index is -0.461. The molecule has 0 aliphatic heterocycles. The van der Waals surface area contributed by atoms with Gasteiger partial charge in [-0.25, -0.2) is 4.57 Å². The highest BCUT2D eigenvalue weighted by atomic mass is 127. The van der Waals surface area contributed by atoms with Crippen LogP contribution >= 0.6 is 0 Å². The lowest BCUT2D eigenvalue weighted by atomic mass is 10.2. The molecule has 9 heteroatoms. The Balaban J connectivity index is 0.00000363. The molecule has 0 atom stereocenters. The summed E-state index contributed by atoms with van der Waals surface area (Å²) in [6.45, 7) is 2.95. The summed E-state index contributed by atoms with van der Waals surface area (Å²) >= 11 is 0. The van der Waals surface area contributed by atoms with Crippen molar-refractivity contribution < 1.29 is 38.3 Å². The second kappa shape index (κ2) is 12.6. The van der Waals surface area contributed by atoms with Crippen molar-refractivity contribution in [2.45, 2.75) is 32.7 Å². The van der Waals surface area contributed by atoms with Gasteiger partial charge in [-0.1, -0.05) is 0 Å². The lowest BCUT2D eigenvalue weighted by molar-refractivity contribution is -0.697. The van der Waals surface area contributed by atoms with E-state index in [1.807, 2.05) is 0 Å². The van der Waals surface area contributed by atoms with E-state index in [-0.39, 0.29) is 35.6 Å². The van der Waals surface area contributed by atoms with Crippen LogP contribution in [0.1, 0.15) is 24.8 Å². The maximum atomic E-state index is 12.1. The number of aromatic nitrogens is 1. The summed E-state index contributed by atoms with van der Waals surface area (Å²) in [6, 6.07) is 17.0. The van der Waals surface area contributed by atoms with E-state index in [9.17, 15) is 14.9 Å². The van der Waals surface area contributed by atoms with Crippen LogP contribution in [0.3, 0.4) is 0 Å². The highest BCUT2D eigenvalue weighted by Crippen LogP contribution is 2.22. The Morgan fingerprint density at radius 1 is 0.938 bits per heavy atom. The van der Waals surface area contributed by atoms with Gasteiger partial charge in [-0.3, -0.25) is 14.9 Å². The molecule has 0 aliphatic carbocycles. The molecule has 0 fully saturated rings. The zero-order valence-corrected chi connectivity index (χ0v) is 19.8. The normalized spacial score (nSPS) is 10.5. The number of amides is 1. The molecular weight excluding hydrogens is 521 g/mol. The Kier molecular flexibility index (Phi) is 9.86. The molecule has 1 heterocycles. The number of nitro benzene ring substituents is 1. The van der Waals surface area contributed by atoms with Crippen molar-refractivity contribution in [2.75, 3.05) is 5.32 Å². The molecule has 32 heavy (non-hydrogen) atoms. The molecule has 2 aromatic carbocycles. The Bertz CT molecular complexity index is 1050. The van der Waals surface area contributed by atoms with Gasteiger partial charge in [0.1, 0.15) is 6.54 Å². The van der Waals surface area contributed by atoms with Crippen LogP contribution < -0.4 is 33.9 Å². The van der Waals surface area contributed by atoms with E-state index in [0.717, 1.165) is 19.4 Å². The molecule has 0 spiro atoms. The molecule has 0 bridgehead atoms. The standard InChI is InChI=1S/C23H23N5O3.HI/c1-18-13-16-27(17-14-18)15-3-2-4-23(29)24-19-5-7-20(8-6-19)25-26-21-9-11-22(12-10-21)28(30)31;/h5-14,16-17H,2-4,15H2,1H3;1H. The number of nitrogens with one attached hydrogen (secondary N) is 1. The molecule has 8 nitrogen and oxygen atoms in total. The average molecular weight is 545 g/mol. The average Bonchev–Trinajstić information content (AvgIpc) is 2.78. The van der Waals surface area contributed by atoms with Gasteiger partial charge in [0.15, 0.2) is 12.4 Å². The quantitative estimate of drug-likeness (QED) is 0.112. The number of carbonyl (C=O) groups is 1. The number of non-ortho nitro benzene ring substituents is 1. The molecule has 0 aliphatic rings. The fourth-order valence-electron chi connectivity index (χ4n) is 2.85. The molecule has 0 saturated heterocycles.